The smallest absolute Gasteiger partial charge is 0.258 e. The number of nitrogens with two attached hydrogens (primary N) is 1. The first-order valence-corrected chi connectivity index (χ1v) is 13.6. The molecule has 2 atom stereocenters. The quantitative estimate of drug-likeness (QED) is 0.358. The molecular weight excluding hydrogens is 528 g/mol. The molecule has 1 aromatic heterocycles. The number of amides is 1. The van der Waals surface area contributed by atoms with Crippen LogP contribution in [-0.2, 0) is 0 Å². The minimum Gasteiger partial charge on any atom is -0.467 e. The minimum atomic E-state index is -0.730. The van der Waals surface area contributed by atoms with E-state index in [-0.39, 0.29) is 33.7 Å². The molecule has 3 heterocycles. The summed E-state index contributed by atoms with van der Waals surface area (Å²) in [4.78, 5) is 26.5. The number of nitrogen functional groups attached to an aromatic ring is 1. The zero-order chi connectivity index (χ0) is 26.8. The zero-order valence-electron chi connectivity index (χ0n) is 21.2. The number of halogens is 3. The summed E-state index contributed by atoms with van der Waals surface area (Å²) in [6, 6.07) is 10.2. The summed E-state index contributed by atoms with van der Waals surface area (Å²) in [6.07, 6.45) is 5.39. The minimum absolute atomic E-state index is 0.0586. The van der Waals surface area contributed by atoms with E-state index in [1.165, 1.54) is 25.0 Å². The summed E-state index contributed by atoms with van der Waals surface area (Å²) in [5, 5.41) is 0.154. The fraction of sp³-hybridized carbons (Fsp3) is 0.393. The fourth-order valence-electron chi connectivity index (χ4n) is 5.25. The van der Waals surface area contributed by atoms with Crippen molar-refractivity contribution in [2.45, 2.75) is 44.8 Å². The normalized spacial score (nSPS) is 18.6. The molecule has 1 amide bonds. The van der Waals surface area contributed by atoms with E-state index in [0.29, 0.717) is 16.8 Å². The number of likely N-dealkylation sites (tertiary alicyclic amines) is 2. The van der Waals surface area contributed by atoms with E-state index in [9.17, 15) is 9.18 Å². The molecule has 0 bridgehead atoms. The first-order chi connectivity index (χ1) is 18.3. The van der Waals surface area contributed by atoms with Crippen molar-refractivity contribution in [3.05, 3.63) is 69.6 Å². The molecule has 10 heteroatoms. The first-order valence-electron chi connectivity index (χ1n) is 12.9. The molecule has 2 saturated heterocycles. The molecule has 2 aromatic carbocycles. The maximum atomic E-state index is 14.0. The number of nitrogens with zero attached hydrogens (tertiary/aromatic N) is 4. The lowest BCUT2D eigenvalue weighted by Crippen LogP contribution is -2.42. The van der Waals surface area contributed by atoms with Crippen molar-refractivity contribution >= 4 is 34.9 Å². The van der Waals surface area contributed by atoms with Gasteiger partial charge in [-0.05, 0) is 70.0 Å². The van der Waals surface area contributed by atoms with E-state index in [1.54, 1.807) is 13.1 Å². The topological polar surface area (TPSA) is 84.6 Å². The van der Waals surface area contributed by atoms with Crippen molar-refractivity contribution in [2.75, 3.05) is 31.9 Å². The highest BCUT2D eigenvalue weighted by Gasteiger charge is 2.31. The molecule has 200 valence electrons. The van der Waals surface area contributed by atoms with Crippen LogP contribution in [0.25, 0.3) is 11.3 Å². The second-order valence-corrected chi connectivity index (χ2v) is 10.6. The van der Waals surface area contributed by atoms with Crippen LogP contribution in [0.3, 0.4) is 0 Å². The van der Waals surface area contributed by atoms with Crippen LogP contribution in [0.2, 0.25) is 10.0 Å². The van der Waals surface area contributed by atoms with E-state index < -0.39 is 11.9 Å². The van der Waals surface area contributed by atoms with Crippen molar-refractivity contribution in [1.82, 2.24) is 19.8 Å². The van der Waals surface area contributed by atoms with E-state index >= 15 is 0 Å². The lowest BCUT2D eigenvalue weighted by atomic mass is 10.1. The number of carbonyl (C=O) groups excluding carboxylic acids is 1. The fourth-order valence-corrected chi connectivity index (χ4v) is 5.93. The Morgan fingerprint density at radius 2 is 1.87 bits per heavy atom. The number of anilines is 1. The third-order valence-corrected chi connectivity index (χ3v) is 7.99. The Kier molecular flexibility index (Phi) is 8.02. The van der Waals surface area contributed by atoms with Gasteiger partial charge in [-0.1, -0.05) is 35.3 Å². The third kappa shape index (κ3) is 5.58. The van der Waals surface area contributed by atoms with Crippen LogP contribution in [0.4, 0.5) is 10.2 Å². The third-order valence-electron chi connectivity index (χ3n) is 7.27. The predicted octanol–water partition coefficient (Wildman–Crippen LogP) is 6.01. The Balaban J connectivity index is 1.31. The highest BCUT2D eigenvalue weighted by molar-refractivity contribution is 6.36. The summed E-state index contributed by atoms with van der Waals surface area (Å²) in [6.45, 7) is 5.68. The van der Waals surface area contributed by atoms with Gasteiger partial charge in [0.05, 0.1) is 16.9 Å². The van der Waals surface area contributed by atoms with Gasteiger partial charge in [0, 0.05) is 40.8 Å². The van der Waals surface area contributed by atoms with Crippen molar-refractivity contribution < 1.29 is 13.9 Å². The largest absolute Gasteiger partial charge is 0.467 e. The standard InChI is InChI=1S/C28H30Cl2FN5O2/c1-17(24-21(29)10-11-22(31)25(24)30)38-27-26(32)33-15-23(34-27)18-6-8-19(9-7-18)28(37)36-14-4-5-20(36)16-35-12-2-3-13-35/h6-11,15,17,20H,2-5,12-14,16H2,1H3,(H2,32,33)/t17?,20-/m0/s1. The molecule has 1 unspecified atom stereocenters. The Hall–Kier alpha value is -2.94. The van der Waals surface area contributed by atoms with Crippen LogP contribution in [0.1, 0.15) is 54.6 Å². The Bertz CT molecular complexity index is 1320. The van der Waals surface area contributed by atoms with Crippen molar-refractivity contribution in [2.24, 2.45) is 0 Å². The van der Waals surface area contributed by atoms with E-state index in [4.69, 9.17) is 33.7 Å². The van der Waals surface area contributed by atoms with Crippen LogP contribution >= 0.6 is 23.2 Å². The monoisotopic (exact) mass is 557 g/mol. The van der Waals surface area contributed by atoms with Crippen molar-refractivity contribution in [3.8, 4) is 17.1 Å². The van der Waals surface area contributed by atoms with Gasteiger partial charge in [-0.3, -0.25) is 4.79 Å². The Labute approximate surface area is 231 Å². The SMILES string of the molecule is CC(Oc1nc(-c2ccc(C(=O)N3CCC[C@H]3CN3CCCC3)cc2)cnc1N)c1c(Cl)ccc(F)c1Cl. The summed E-state index contributed by atoms with van der Waals surface area (Å²) < 4.78 is 19.9. The van der Waals surface area contributed by atoms with Crippen LogP contribution < -0.4 is 10.5 Å². The van der Waals surface area contributed by atoms with E-state index in [0.717, 1.165) is 44.6 Å². The van der Waals surface area contributed by atoms with Crippen LogP contribution in [0.15, 0.2) is 42.6 Å². The highest BCUT2D eigenvalue weighted by Crippen LogP contribution is 2.36. The van der Waals surface area contributed by atoms with Gasteiger partial charge in [-0.2, -0.15) is 0 Å². The lowest BCUT2D eigenvalue weighted by Gasteiger charge is -2.28. The molecule has 2 fully saturated rings. The van der Waals surface area contributed by atoms with Gasteiger partial charge in [0.1, 0.15) is 11.9 Å². The Morgan fingerprint density at radius 1 is 1.13 bits per heavy atom. The summed E-state index contributed by atoms with van der Waals surface area (Å²) in [7, 11) is 0. The van der Waals surface area contributed by atoms with Crippen molar-refractivity contribution in [3.63, 3.8) is 0 Å². The molecule has 0 saturated carbocycles. The number of carbonyl (C=O) groups is 1. The molecule has 2 aliphatic rings. The van der Waals surface area contributed by atoms with Crippen LogP contribution in [0, 0.1) is 5.82 Å². The van der Waals surface area contributed by atoms with Crippen LogP contribution in [-0.4, -0.2) is 57.9 Å². The summed E-state index contributed by atoms with van der Waals surface area (Å²) >= 11 is 12.4. The first kappa shape index (κ1) is 26.7. The zero-order valence-corrected chi connectivity index (χ0v) is 22.7. The average Bonchev–Trinajstić information content (AvgIpc) is 3.60. The molecule has 7 nitrogen and oxygen atoms in total. The van der Waals surface area contributed by atoms with Gasteiger partial charge in [-0.25, -0.2) is 14.4 Å². The number of ether oxygens (including phenoxy) is 1. The number of rotatable bonds is 7. The highest BCUT2D eigenvalue weighted by atomic mass is 35.5. The maximum Gasteiger partial charge on any atom is 0.258 e. The molecule has 5 rings (SSSR count). The maximum absolute atomic E-state index is 14.0. The molecular formula is C28H30Cl2FN5O2. The molecule has 38 heavy (non-hydrogen) atoms. The van der Waals surface area contributed by atoms with Gasteiger partial charge in [-0.15, -0.1) is 0 Å². The molecule has 2 N–H and O–H groups in total. The number of hydrogen-bond acceptors (Lipinski definition) is 6. The van der Waals surface area contributed by atoms with Gasteiger partial charge < -0.3 is 20.3 Å². The average molecular weight is 558 g/mol. The van der Waals surface area contributed by atoms with Gasteiger partial charge in [0.15, 0.2) is 5.82 Å². The predicted molar refractivity (Wildman–Crippen MR) is 147 cm³/mol. The van der Waals surface area contributed by atoms with Gasteiger partial charge in [0.2, 0.25) is 0 Å². The molecule has 3 aromatic rings. The lowest BCUT2D eigenvalue weighted by molar-refractivity contribution is 0.0709. The second-order valence-electron chi connectivity index (χ2n) is 9.84. The number of hydrogen-bond donors (Lipinski definition) is 1. The number of aromatic nitrogens is 2. The second kappa shape index (κ2) is 11.4. The molecule has 0 spiro atoms. The molecule has 0 radical (unpaired) electrons. The van der Waals surface area contributed by atoms with E-state index in [2.05, 4.69) is 14.9 Å². The van der Waals surface area contributed by atoms with Gasteiger partial charge in [0.25, 0.3) is 11.8 Å². The molecule has 2 aliphatic heterocycles. The summed E-state index contributed by atoms with van der Waals surface area (Å²) in [5.41, 5.74) is 8.23. The van der Waals surface area contributed by atoms with E-state index in [1.807, 2.05) is 29.2 Å². The van der Waals surface area contributed by atoms with Crippen molar-refractivity contribution in [1.29, 1.82) is 0 Å². The van der Waals surface area contributed by atoms with Gasteiger partial charge >= 0.3 is 0 Å². The summed E-state index contributed by atoms with van der Waals surface area (Å²) in [5.74, 6) is -0.383. The number of benzene rings is 2. The Morgan fingerprint density at radius 3 is 2.61 bits per heavy atom. The van der Waals surface area contributed by atoms with Crippen LogP contribution in [0.5, 0.6) is 5.88 Å². The molecule has 0 aliphatic carbocycles.